The molecule has 5 nitrogen and oxygen atoms in total. The molecule has 2 aromatic heterocycles. The van der Waals surface area contributed by atoms with Crippen LogP contribution in [0.5, 0.6) is 0 Å². The van der Waals surface area contributed by atoms with Gasteiger partial charge in [-0.05, 0) is 34.5 Å². The van der Waals surface area contributed by atoms with Crippen LogP contribution in [0.1, 0.15) is 43.5 Å². The fraction of sp³-hybridized carbons (Fsp3) is 0.167. The van der Waals surface area contributed by atoms with Gasteiger partial charge in [0.25, 0.3) is 11.8 Å². The van der Waals surface area contributed by atoms with Crippen LogP contribution in [0, 0.1) is 0 Å². The van der Waals surface area contributed by atoms with Gasteiger partial charge in [-0.3, -0.25) is 19.6 Å². The quantitative estimate of drug-likeness (QED) is 0.732. The Morgan fingerprint density at radius 2 is 1.88 bits per heavy atom. The molecule has 0 saturated heterocycles. The number of benzene rings is 1. The first-order chi connectivity index (χ1) is 11.8. The number of fused-ring (bicyclic) bond motifs is 2. The van der Waals surface area contributed by atoms with Gasteiger partial charge in [-0.1, -0.05) is 12.1 Å². The highest BCUT2D eigenvalue weighted by Crippen LogP contribution is 2.42. The lowest BCUT2D eigenvalue weighted by molar-refractivity contribution is 0.0578. The SMILES string of the molecule is O=C1c2ccccc2C(=O)N1[C@H]1Cc2[nH]ncc2[C@@H]1c1ccsc1. The van der Waals surface area contributed by atoms with Crippen molar-refractivity contribution in [3.63, 3.8) is 0 Å². The van der Waals surface area contributed by atoms with Gasteiger partial charge in [-0.15, -0.1) is 0 Å². The molecule has 3 aromatic rings. The summed E-state index contributed by atoms with van der Waals surface area (Å²) in [5.41, 5.74) is 4.21. The molecular weight excluding hydrogens is 322 g/mol. The van der Waals surface area contributed by atoms with Crippen molar-refractivity contribution in [3.05, 3.63) is 75.2 Å². The van der Waals surface area contributed by atoms with Crippen molar-refractivity contribution in [2.75, 3.05) is 0 Å². The van der Waals surface area contributed by atoms with Crippen LogP contribution in [0.25, 0.3) is 0 Å². The van der Waals surface area contributed by atoms with Gasteiger partial charge in [0.1, 0.15) is 0 Å². The molecule has 2 aliphatic rings. The Morgan fingerprint density at radius 1 is 1.12 bits per heavy atom. The number of hydrogen-bond acceptors (Lipinski definition) is 4. The van der Waals surface area contributed by atoms with E-state index in [-0.39, 0.29) is 23.8 Å². The van der Waals surface area contributed by atoms with Crippen molar-refractivity contribution in [2.45, 2.75) is 18.4 Å². The smallest absolute Gasteiger partial charge is 0.261 e. The number of amides is 2. The minimum atomic E-state index is -0.212. The summed E-state index contributed by atoms with van der Waals surface area (Å²) in [6.45, 7) is 0. The van der Waals surface area contributed by atoms with Crippen molar-refractivity contribution >= 4 is 23.2 Å². The lowest BCUT2D eigenvalue weighted by Gasteiger charge is -2.28. The molecule has 1 aliphatic heterocycles. The van der Waals surface area contributed by atoms with Crippen LogP contribution in [0.15, 0.2) is 47.3 Å². The summed E-state index contributed by atoms with van der Waals surface area (Å²) < 4.78 is 0. The fourth-order valence-corrected chi connectivity index (χ4v) is 4.59. The molecule has 2 atom stereocenters. The fourth-order valence-electron chi connectivity index (χ4n) is 3.89. The molecule has 0 spiro atoms. The first-order valence-corrected chi connectivity index (χ1v) is 8.71. The standard InChI is InChI=1S/C18H13N3O2S/c22-17-11-3-1-2-4-12(11)18(23)21(17)15-7-14-13(8-19-20-14)16(15)10-5-6-24-9-10/h1-6,8-9,15-16H,7H2,(H,19,20)/t15-,16-/m0/s1. The maximum Gasteiger partial charge on any atom is 0.261 e. The van der Waals surface area contributed by atoms with E-state index in [1.807, 2.05) is 11.6 Å². The van der Waals surface area contributed by atoms with Crippen LogP contribution in [-0.4, -0.2) is 33.0 Å². The van der Waals surface area contributed by atoms with E-state index in [4.69, 9.17) is 0 Å². The van der Waals surface area contributed by atoms with E-state index in [0.29, 0.717) is 17.5 Å². The number of rotatable bonds is 2. The van der Waals surface area contributed by atoms with Crippen LogP contribution in [0.2, 0.25) is 0 Å². The maximum atomic E-state index is 12.9. The van der Waals surface area contributed by atoms with Crippen molar-refractivity contribution in [3.8, 4) is 0 Å². The Balaban J connectivity index is 1.61. The Morgan fingerprint density at radius 3 is 2.54 bits per heavy atom. The number of carbonyl (C=O) groups excluding carboxylic acids is 2. The first kappa shape index (κ1) is 13.7. The molecule has 24 heavy (non-hydrogen) atoms. The predicted octanol–water partition coefficient (Wildman–Crippen LogP) is 2.82. The van der Waals surface area contributed by atoms with Crippen LogP contribution < -0.4 is 0 Å². The van der Waals surface area contributed by atoms with Crippen LogP contribution in [0.4, 0.5) is 0 Å². The summed E-state index contributed by atoms with van der Waals surface area (Å²) in [5, 5.41) is 11.3. The zero-order chi connectivity index (χ0) is 16.3. The molecule has 5 rings (SSSR count). The second-order valence-corrected chi connectivity index (χ2v) is 6.92. The number of carbonyl (C=O) groups is 2. The summed E-state index contributed by atoms with van der Waals surface area (Å²) in [7, 11) is 0. The molecule has 0 unspecified atom stereocenters. The third-order valence-electron chi connectivity index (χ3n) is 4.94. The molecule has 0 radical (unpaired) electrons. The Bertz CT molecular complexity index is 925. The number of aromatic nitrogens is 2. The van der Waals surface area contributed by atoms with E-state index in [1.54, 1.807) is 35.6 Å². The zero-order valence-electron chi connectivity index (χ0n) is 12.6. The highest BCUT2D eigenvalue weighted by atomic mass is 32.1. The van der Waals surface area contributed by atoms with Gasteiger partial charge in [-0.25, -0.2) is 0 Å². The Labute approximate surface area is 141 Å². The molecule has 0 bridgehead atoms. The van der Waals surface area contributed by atoms with Crippen LogP contribution in [-0.2, 0) is 6.42 Å². The van der Waals surface area contributed by atoms with E-state index in [1.165, 1.54) is 4.90 Å². The topological polar surface area (TPSA) is 66.1 Å². The molecule has 3 heterocycles. The molecule has 0 saturated carbocycles. The van der Waals surface area contributed by atoms with Crippen molar-refractivity contribution in [2.24, 2.45) is 0 Å². The van der Waals surface area contributed by atoms with E-state index in [9.17, 15) is 9.59 Å². The summed E-state index contributed by atoms with van der Waals surface area (Å²) >= 11 is 1.62. The van der Waals surface area contributed by atoms with E-state index >= 15 is 0 Å². The maximum absolute atomic E-state index is 12.9. The molecule has 1 aliphatic carbocycles. The monoisotopic (exact) mass is 335 g/mol. The van der Waals surface area contributed by atoms with E-state index in [2.05, 4.69) is 21.6 Å². The van der Waals surface area contributed by atoms with Gasteiger partial charge >= 0.3 is 0 Å². The highest BCUT2D eigenvalue weighted by molar-refractivity contribution is 7.08. The van der Waals surface area contributed by atoms with Crippen LogP contribution >= 0.6 is 11.3 Å². The Kier molecular flexibility index (Phi) is 2.78. The number of thiophene rings is 1. The average molecular weight is 335 g/mol. The molecule has 0 fully saturated rings. The number of hydrogen-bond donors (Lipinski definition) is 1. The summed E-state index contributed by atoms with van der Waals surface area (Å²) in [5.74, 6) is -0.412. The van der Waals surface area contributed by atoms with Crippen molar-refractivity contribution < 1.29 is 9.59 Å². The van der Waals surface area contributed by atoms with E-state index < -0.39 is 0 Å². The lowest BCUT2D eigenvalue weighted by Crippen LogP contribution is -2.42. The van der Waals surface area contributed by atoms with Gasteiger partial charge in [-0.2, -0.15) is 16.4 Å². The largest absolute Gasteiger partial charge is 0.282 e. The van der Waals surface area contributed by atoms with Gasteiger partial charge in [0.15, 0.2) is 0 Å². The van der Waals surface area contributed by atoms with Crippen LogP contribution in [0.3, 0.4) is 0 Å². The van der Waals surface area contributed by atoms with Crippen molar-refractivity contribution in [1.29, 1.82) is 0 Å². The number of nitrogens with one attached hydrogen (secondary N) is 1. The summed E-state index contributed by atoms with van der Waals surface area (Å²) in [6.07, 6.45) is 2.43. The summed E-state index contributed by atoms with van der Waals surface area (Å²) in [6, 6.07) is 8.89. The second kappa shape index (κ2) is 4.88. The van der Waals surface area contributed by atoms with Gasteiger partial charge in [0, 0.05) is 23.6 Å². The molecule has 1 N–H and O–H groups in total. The molecular formula is C18H13N3O2S. The number of imide groups is 1. The van der Waals surface area contributed by atoms with Gasteiger partial charge < -0.3 is 0 Å². The third-order valence-corrected chi connectivity index (χ3v) is 5.65. The van der Waals surface area contributed by atoms with E-state index in [0.717, 1.165) is 16.8 Å². The minimum Gasteiger partial charge on any atom is -0.282 e. The van der Waals surface area contributed by atoms with Gasteiger partial charge in [0.2, 0.25) is 0 Å². The zero-order valence-corrected chi connectivity index (χ0v) is 13.4. The average Bonchev–Trinajstić information content (AvgIpc) is 3.33. The number of aromatic amines is 1. The molecule has 1 aromatic carbocycles. The normalized spacial score (nSPS) is 22.1. The second-order valence-electron chi connectivity index (χ2n) is 6.14. The predicted molar refractivity (Wildman–Crippen MR) is 89.2 cm³/mol. The molecule has 6 heteroatoms. The van der Waals surface area contributed by atoms with Gasteiger partial charge in [0.05, 0.1) is 23.4 Å². The third kappa shape index (κ3) is 1.71. The Hall–Kier alpha value is -2.73. The highest BCUT2D eigenvalue weighted by Gasteiger charge is 2.47. The van der Waals surface area contributed by atoms with Crippen molar-refractivity contribution in [1.82, 2.24) is 15.1 Å². The number of H-pyrrole nitrogens is 1. The molecule has 2 amide bonds. The summed E-state index contributed by atoms with van der Waals surface area (Å²) in [4.78, 5) is 27.2. The minimum absolute atomic E-state index is 0.0211. The first-order valence-electron chi connectivity index (χ1n) is 7.77. The number of nitrogens with zero attached hydrogens (tertiary/aromatic N) is 2. The molecule has 118 valence electrons. The lowest BCUT2D eigenvalue weighted by atomic mass is 9.92.